The lowest BCUT2D eigenvalue weighted by Gasteiger charge is -2.20. The van der Waals surface area contributed by atoms with Crippen molar-refractivity contribution >= 4 is 23.5 Å². The highest BCUT2D eigenvalue weighted by Crippen LogP contribution is 2.33. The summed E-state index contributed by atoms with van der Waals surface area (Å²) in [6.07, 6.45) is 2.23. The molecule has 21 heavy (non-hydrogen) atoms. The van der Waals surface area contributed by atoms with E-state index >= 15 is 0 Å². The molecule has 1 aliphatic heterocycles. The van der Waals surface area contributed by atoms with Crippen LogP contribution in [0.1, 0.15) is 40.0 Å². The number of imide groups is 1. The smallest absolute Gasteiger partial charge is 0.308 e. The summed E-state index contributed by atoms with van der Waals surface area (Å²) in [5.41, 5.74) is 1.27. The lowest BCUT2D eigenvalue weighted by atomic mass is 10.0. The Labute approximate surface area is 121 Å². The molecule has 2 aliphatic rings. The van der Waals surface area contributed by atoms with Gasteiger partial charge in [-0.2, -0.15) is 0 Å². The molecule has 6 nitrogen and oxygen atoms in total. The fourth-order valence-corrected chi connectivity index (χ4v) is 3.15. The monoisotopic (exact) mass is 288 g/mol. The first kappa shape index (κ1) is 13.6. The van der Waals surface area contributed by atoms with Crippen molar-refractivity contribution in [2.45, 2.75) is 25.3 Å². The molecule has 1 aromatic rings. The molecule has 1 saturated carbocycles. The van der Waals surface area contributed by atoms with E-state index in [4.69, 9.17) is 0 Å². The van der Waals surface area contributed by atoms with Crippen LogP contribution < -0.4 is 5.32 Å². The number of hydrogen-bond acceptors (Lipinski definition) is 4. The highest BCUT2D eigenvalue weighted by Gasteiger charge is 2.37. The van der Waals surface area contributed by atoms with E-state index in [-0.39, 0.29) is 17.9 Å². The number of carboxylic acids is 1. The van der Waals surface area contributed by atoms with E-state index in [2.05, 4.69) is 5.32 Å². The summed E-state index contributed by atoms with van der Waals surface area (Å²) in [5.74, 6) is -1.94. The summed E-state index contributed by atoms with van der Waals surface area (Å²) in [5, 5.41) is 12.4. The van der Waals surface area contributed by atoms with Gasteiger partial charge < -0.3 is 10.4 Å². The van der Waals surface area contributed by atoms with Gasteiger partial charge in [-0.15, -0.1) is 0 Å². The number of fused-ring (bicyclic) bond motifs is 1. The number of anilines is 1. The summed E-state index contributed by atoms with van der Waals surface area (Å²) in [6.45, 7) is 0. The summed E-state index contributed by atoms with van der Waals surface area (Å²) in [4.78, 5) is 36.4. The lowest BCUT2D eigenvalue weighted by Crippen LogP contribution is -2.30. The standard InChI is InChI=1S/C15H16N2O4/c1-17-13(18)9-5-3-7-11(12(9)14(17)19)16-10-6-2-4-8(10)15(20)21/h3,5,7-8,10,16H,2,4,6H2,1H3,(H,20,21). The number of carbonyl (C=O) groups excluding carboxylic acids is 2. The van der Waals surface area contributed by atoms with E-state index in [0.29, 0.717) is 23.2 Å². The molecule has 2 atom stereocenters. The van der Waals surface area contributed by atoms with Crippen LogP contribution in [0.5, 0.6) is 0 Å². The first-order valence-corrected chi connectivity index (χ1v) is 6.95. The van der Waals surface area contributed by atoms with E-state index in [1.807, 2.05) is 0 Å². The highest BCUT2D eigenvalue weighted by atomic mass is 16.4. The van der Waals surface area contributed by atoms with Gasteiger partial charge in [0.15, 0.2) is 0 Å². The molecule has 110 valence electrons. The van der Waals surface area contributed by atoms with Crippen molar-refractivity contribution in [1.29, 1.82) is 0 Å². The zero-order valence-electron chi connectivity index (χ0n) is 11.6. The molecule has 2 amide bonds. The number of benzene rings is 1. The van der Waals surface area contributed by atoms with Gasteiger partial charge in [0.2, 0.25) is 0 Å². The van der Waals surface area contributed by atoms with Crippen LogP contribution in [0.15, 0.2) is 18.2 Å². The van der Waals surface area contributed by atoms with Crippen molar-refractivity contribution in [3.05, 3.63) is 29.3 Å². The molecule has 2 N–H and O–H groups in total. The number of nitrogens with one attached hydrogen (secondary N) is 1. The first-order chi connectivity index (χ1) is 10.0. The highest BCUT2D eigenvalue weighted by molar-refractivity contribution is 6.23. The Morgan fingerprint density at radius 3 is 2.76 bits per heavy atom. The molecule has 2 unspecified atom stereocenters. The molecule has 1 fully saturated rings. The van der Waals surface area contributed by atoms with Crippen molar-refractivity contribution < 1.29 is 19.5 Å². The zero-order valence-corrected chi connectivity index (χ0v) is 11.6. The van der Waals surface area contributed by atoms with Gasteiger partial charge >= 0.3 is 5.97 Å². The third-order valence-corrected chi connectivity index (χ3v) is 4.29. The quantitative estimate of drug-likeness (QED) is 0.825. The second-order valence-electron chi connectivity index (χ2n) is 5.52. The van der Waals surface area contributed by atoms with E-state index in [0.717, 1.165) is 17.7 Å². The number of amides is 2. The predicted octanol–water partition coefficient (Wildman–Crippen LogP) is 1.58. The van der Waals surface area contributed by atoms with E-state index < -0.39 is 11.9 Å². The van der Waals surface area contributed by atoms with Crippen LogP contribution in [0.3, 0.4) is 0 Å². The van der Waals surface area contributed by atoms with Crippen molar-refractivity contribution in [1.82, 2.24) is 4.90 Å². The Balaban J connectivity index is 1.93. The second-order valence-corrected chi connectivity index (χ2v) is 5.52. The first-order valence-electron chi connectivity index (χ1n) is 6.95. The molecular weight excluding hydrogens is 272 g/mol. The van der Waals surface area contributed by atoms with Crippen molar-refractivity contribution in [2.75, 3.05) is 12.4 Å². The topological polar surface area (TPSA) is 86.7 Å². The number of nitrogens with zero attached hydrogens (tertiary/aromatic N) is 1. The molecule has 1 aromatic carbocycles. The maximum Gasteiger partial charge on any atom is 0.308 e. The Bertz CT molecular complexity index is 641. The maximum absolute atomic E-state index is 12.2. The minimum Gasteiger partial charge on any atom is -0.481 e. The normalized spacial score (nSPS) is 24.3. The Morgan fingerprint density at radius 2 is 2.05 bits per heavy atom. The van der Waals surface area contributed by atoms with Gasteiger partial charge in [0, 0.05) is 18.8 Å². The van der Waals surface area contributed by atoms with Crippen LogP contribution in [-0.4, -0.2) is 40.9 Å². The third kappa shape index (κ3) is 2.07. The Kier molecular flexibility index (Phi) is 3.16. The number of aliphatic carboxylic acids is 1. The van der Waals surface area contributed by atoms with Crippen molar-refractivity contribution in [3.63, 3.8) is 0 Å². The molecule has 1 heterocycles. The van der Waals surface area contributed by atoms with Crippen LogP contribution in [0.4, 0.5) is 5.69 Å². The summed E-state index contributed by atoms with van der Waals surface area (Å²) >= 11 is 0. The number of hydrogen-bond donors (Lipinski definition) is 2. The average Bonchev–Trinajstić information content (AvgIpc) is 3.00. The van der Waals surface area contributed by atoms with Crippen molar-refractivity contribution in [3.8, 4) is 0 Å². The van der Waals surface area contributed by atoms with E-state index in [9.17, 15) is 19.5 Å². The van der Waals surface area contributed by atoms with Crippen LogP contribution in [0, 0.1) is 5.92 Å². The van der Waals surface area contributed by atoms with Crippen LogP contribution in [-0.2, 0) is 4.79 Å². The maximum atomic E-state index is 12.2. The molecule has 0 saturated heterocycles. The van der Waals surface area contributed by atoms with E-state index in [1.165, 1.54) is 7.05 Å². The van der Waals surface area contributed by atoms with Crippen molar-refractivity contribution in [2.24, 2.45) is 5.92 Å². The number of rotatable bonds is 3. The molecule has 6 heteroatoms. The Hall–Kier alpha value is -2.37. The number of carboxylic acid groups (broad SMARTS) is 1. The van der Waals surface area contributed by atoms with Gasteiger partial charge in [0.1, 0.15) is 0 Å². The predicted molar refractivity (Wildman–Crippen MR) is 75.3 cm³/mol. The van der Waals surface area contributed by atoms with Gasteiger partial charge in [0.25, 0.3) is 11.8 Å². The summed E-state index contributed by atoms with van der Waals surface area (Å²) in [6, 6.07) is 4.84. The third-order valence-electron chi connectivity index (χ3n) is 4.29. The lowest BCUT2D eigenvalue weighted by molar-refractivity contribution is -0.141. The molecule has 0 spiro atoms. The summed E-state index contributed by atoms with van der Waals surface area (Å²) in [7, 11) is 1.45. The average molecular weight is 288 g/mol. The molecule has 0 bridgehead atoms. The zero-order chi connectivity index (χ0) is 15.1. The molecule has 3 rings (SSSR count). The van der Waals surface area contributed by atoms with Crippen LogP contribution in [0.2, 0.25) is 0 Å². The van der Waals surface area contributed by atoms with E-state index in [1.54, 1.807) is 18.2 Å². The fraction of sp³-hybridized carbons (Fsp3) is 0.400. The SMILES string of the molecule is CN1C(=O)c2cccc(NC3CCCC3C(=O)O)c2C1=O. The van der Waals surface area contributed by atoms with Crippen LogP contribution in [0.25, 0.3) is 0 Å². The second kappa shape index (κ2) is 4.87. The van der Waals surface area contributed by atoms with Gasteiger partial charge in [-0.3, -0.25) is 19.3 Å². The minimum atomic E-state index is -0.822. The molecular formula is C15H16N2O4. The fourth-order valence-electron chi connectivity index (χ4n) is 3.15. The number of carbonyl (C=O) groups is 3. The largest absolute Gasteiger partial charge is 0.481 e. The Morgan fingerprint density at radius 1 is 1.29 bits per heavy atom. The van der Waals surface area contributed by atoms with Gasteiger partial charge in [-0.1, -0.05) is 12.5 Å². The van der Waals surface area contributed by atoms with Gasteiger partial charge in [-0.05, 0) is 25.0 Å². The van der Waals surface area contributed by atoms with Gasteiger partial charge in [-0.25, -0.2) is 0 Å². The summed E-state index contributed by atoms with van der Waals surface area (Å²) < 4.78 is 0. The molecule has 0 aromatic heterocycles. The molecule has 0 radical (unpaired) electrons. The van der Waals surface area contributed by atoms with Gasteiger partial charge in [0.05, 0.1) is 17.0 Å². The minimum absolute atomic E-state index is 0.206. The van der Waals surface area contributed by atoms with Crippen LogP contribution >= 0.6 is 0 Å². The molecule has 1 aliphatic carbocycles.